The number of nitrogens with zero attached hydrogens (tertiary/aromatic N) is 5. The Morgan fingerprint density at radius 2 is 1.63 bits per heavy atom. The first kappa shape index (κ1) is 32.3. The van der Waals surface area contributed by atoms with Gasteiger partial charge in [-0.3, -0.25) is 14.3 Å². The molecule has 0 saturated heterocycles. The van der Waals surface area contributed by atoms with E-state index < -0.39 is 5.97 Å². The molecule has 0 atom stereocenters. The van der Waals surface area contributed by atoms with Crippen molar-refractivity contribution in [1.82, 2.24) is 14.8 Å². The Morgan fingerprint density at radius 3 is 2.20 bits per heavy atom. The Balaban J connectivity index is 1.25. The Kier molecular flexibility index (Phi) is 8.77. The third-order valence-electron chi connectivity index (χ3n) is 11.4. The van der Waals surface area contributed by atoms with Crippen molar-refractivity contribution in [2.75, 3.05) is 30.4 Å². The molecule has 3 aromatic rings. The van der Waals surface area contributed by atoms with E-state index in [1.54, 1.807) is 0 Å². The predicted molar refractivity (Wildman–Crippen MR) is 183 cm³/mol. The maximum Gasteiger partial charge on any atom is 0.303 e. The van der Waals surface area contributed by atoms with E-state index in [0.29, 0.717) is 0 Å². The van der Waals surface area contributed by atoms with Gasteiger partial charge in [0.25, 0.3) is 0 Å². The third kappa shape index (κ3) is 6.58. The lowest BCUT2D eigenvalue weighted by Crippen LogP contribution is -2.51. The van der Waals surface area contributed by atoms with Crippen molar-refractivity contribution in [3.8, 4) is 11.1 Å². The molecule has 8 heteroatoms. The fraction of sp³-hybridized carbons (Fsp3) is 0.579. The fourth-order valence-corrected chi connectivity index (χ4v) is 8.30. The number of aliphatic carboxylic acids is 1. The van der Waals surface area contributed by atoms with Crippen LogP contribution in [0.5, 0.6) is 0 Å². The van der Waals surface area contributed by atoms with Gasteiger partial charge in [0.05, 0.1) is 11.7 Å². The molecule has 4 saturated carbocycles. The zero-order valence-electron chi connectivity index (χ0n) is 28.3. The van der Waals surface area contributed by atoms with Crippen LogP contribution in [0.15, 0.2) is 55.0 Å². The van der Waals surface area contributed by atoms with Crippen molar-refractivity contribution < 1.29 is 14.7 Å². The highest BCUT2D eigenvalue weighted by atomic mass is 16.4. The number of carbonyl (C=O) groups excluding carboxylic acids is 1. The van der Waals surface area contributed by atoms with Gasteiger partial charge in [-0.05, 0) is 131 Å². The molecule has 0 radical (unpaired) electrons. The zero-order chi connectivity index (χ0) is 32.7. The van der Waals surface area contributed by atoms with Crippen LogP contribution in [-0.2, 0) is 20.5 Å². The van der Waals surface area contributed by atoms with Gasteiger partial charge in [0.2, 0.25) is 5.91 Å². The van der Waals surface area contributed by atoms with Crippen LogP contribution >= 0.6 is 0 Å². The fourth-order valence-electron chi connectivity index (χ4n) is 8.30. The highest BCUT2D eigenvalue weighted by molar-refractivity contribution is 5.96. The Hall–Kier alpha value is -3.68. The molecular formula is C38H51N5O3. The van der Waals surface area contributed by atoms with Gasteiger partial charge < -0.3 is 14.9 Å². The summed E-state index contributed by atoms with van der Waals surface area (Å²) in [5, 5.41) is 14.0. The van der Waals surface area contributed by atoms with Gasteiger partial charge in [-0.1, -0.05) is 18.2 Å². The maximum absolute atomic E-state index is 14.5. The quantitative estimate of drug-likeness (QED) is 0.262. The molecule has 8 nitrogen and oxygen atoms in total. The largest absolute Gasteiger partial charge is 0.481 e. The topological polar surface area (TPSA) is 91.6 Å². The van der Waals surface area contributed by atoms with Gasteiger partial charge in [0, 0.05) is 56.6 Å². The number of aromatic nitrogens is 3. The number of carbonyl (C=O) groups is 2. The van der Waals surface area contributed by atoms with Crippen molar-refractivity contribution in [1.29, 1.82) is 0 Å². The summed E-state index contributed by atoms with van der Waals surface area (Å²) in [7, 11) is 4.05. The van der Waals surface area contributed by atoms with E-state index in [2.05, 4.69) is 79.6 Å². The SMILES string of the molecule is CN(C)c1ccc(C23CCC(CN(C(=O)C4CCC(CC(=O)O)CC4)c4cccc(-c5cnn(C(C)(C)C)c5)c4)(CC2)CC3)cn1. The summed E-state index contributed by atoms with van der Waals surface area (Å²) in [6.07, 6.45) is 16.1. The summed E-state index contributed by atoms with van der Waals surface area (Å²) in [6.45, 7) is 7.16. The lowest BCUT2D eigenvalue weighted by Gasteiger charge is -2.55. The van der Waals surface area contributed by atoms with Crippen LogP contribution in [0.1, 0.15) is 97.0 Å². The monoisotopic (exact) mass is 625 g/mol. The van der Waals surface area contributed by atoms with Crippen LogP contribution in [0.25, 0.3) is 11.1 Å². The van der Waals surface area contributed by atoms with Crippen molar-refractivity contribution in [2.45, 2.75) is 102 Å². The first-order chi connectivity index (χ1) is 21.9. The van der Waals surface area contributed by atoms with Gasteiger partial charge in [-0.15, -0.1) is 0 Å². The van der Waals surface area contributed by atoms with Crippen LogP contribution in [0, 0.1) is 17.3 Å². The van der Waals surface area contributed by atoms with Gasteiger partial charge in [-0.2, -0.15) is 5.10 Å². The minimum atomic E-state index is -0.739. The van der Waals surface area contributed by atoms with E-state index in [-0.39, 0.29) is 40.5 Å². The number of anilines is 2. The smallest absolute Gasteiger partial charge is 0.303 e. The molecule has 1 amide bonds. The number of carboxylic acids is 1. The zero-order valence-corrected chi connectivity index (χ0v) is 28.3. The Bertz CT molecular complexity index is 1520. The highest BCUT2D eigenvalue weighted by Gasteiger charge is 2.50. The molecule has 4 fully saturated rings. The van der Waals surface area contributed by atoms with Crippen molar-refractivity contribution in [3.63, 3.8) is 0 Å². The standard InChI is InChI=1S/C38H51N5O3/c1-36(2,3)43-25-30(23-40-43)29-7-6-8-32(22-29)42(35(46)28-11-9-27(10-12-28)21-34(44)45)26-37-15-18-38(19-16-37,20-17-37)31-13-14-33(39-24-31)41(4)5/h6-8,13-14,22-25,27-28H,9-12,15-21,26H2,1-5H3,(H,44,45). The highest BCUT2D eigenvalue weighted by Crippen LogP contribution is 2.58. The van der Waals surface area contributed by atoms with Crippen LogP contribution in [0.2, 0.25) is 0 Å². The molecule has 246 valence electrons. The van der Waals surface area contributed by atoms with Gasteiger partial charge in [0.15, 0.2) is 0 Å². The number of hydrogen-bond acceptors (Lipinski definition) is 5. The van der Waals surface area contributed by atoms with E-state index in [9.17, 15) is 14.7 Å². The van der Waals surface area contributed by atoms with Crippen LogP contribution in [0.4, 0.5) is 11.5 Å². The predicted octanol–water partition coefficient (Wildman–Crippen LogP) is 7.67. The summed E-state index contributed by atoms with van der Waals surface area (Å²) < 4.78 is 1.99. The summed E-state index contributed by atoms with van der Waals surface area (Å²) in [4.78, 5) is 34.8. The molecule has 4 aliphatic rings. The van der Waals surface area contributed by atoms with Gasteiger partial charge in [-0.25, -0.2) is 4.98 Å². The lowest BCUT2D eigenvalue weighted by molar-refractivity contribution is -0.138. The minimum Gasteiger partial charge on any atom is -0.481 e. The summed E-state index contributed by atoms with van der Waals surface area (Å²) in [6, 6.07) is 12.9. The average Bonchev–Trinajstić information content (AvgIpc) is 3.56. The maximum atomic E-state index is 14.5. The number of rotatable bonds is 9. The molecule has 46 heavy (non-hydrogen) atoms. The molecule has 0 unspecified atom stereocenters. The van der Waals surface area contributed by atoms with Crippen LogP contribution in [-0.4, -0.2) is 52.4 Å². The van der Waals surface area contributed by atoms with Gasteiger partial charge >= 0.3 is 5.97 Å². The van der Waals surface area contributed by atoms with E-state index in [1.807, 2.05) is 29.9 Å². The molecule has 2 heterocycles. The van der Waals surface area contributed by atoms with E-state index in [4.69, 9.17) is 4.98 Å². The average molecular weight is 626 g/mol. The molecule has 1 N–H and O–H groups in total. The number of pyridine rings is 1. The third-order valence-corrected chi connectivity index (χ3v) is 11.4. The second-order valence-corrected chi connectivity index (χ2v) is 15.7. The Morgan fingerprint density at radius 1 is 0.935 bits per heavy atom. The summed E-state index contributed by atoms with van der Waals surface area (Å²) in [5.41, 5.74) is 4.60. The molecule has 2 bridgehead atoms. The van der Waals surface area contributed by atoms with Crippen molar-refractivity contribution >= 4 is 23.4 Å². The lowest BCUT2D eigenvalue weighted by atomic mass is 9.52. The van der Waals surface area contributed by atoms with E-state index in [1.165, 1.54) is 5.56 Å². The van der Waals surface area contributed by atoms with Crippen molar-refractivity contribution in [3.05, 3.63) is 60.6 Å². The first-order valence-corrected chi connectivity index (χ1v) is 17.2. The second-order valence-electron chi connectivity index (χ2n) is 15.7. The molecule has 1 aromatic carbocycles. The molecular weight excluding hydrogens is 574 g/mol. The number of hydrogen-bond donors (Lipinski definition) is 1. The van der Waals surface area contributed by atoms with E-state index >= 15 is 0 Å². The first-order valence-electron chi connectivity index (χ1n) is 17.2. The number of fused-ring (bicyclic) bond motifs is 3. The van der Waals surface area contributed by atoms with E-state index in [0.717, 1.165) is 93.4 Å². The van der Waals surface area contributed by atoms with Crippen molar-refractivity contribution in [2.24, 2.45) is 17.3 Å². The minimum absolute atomic E-state index is 0.0682. The van der Waals surface area contributed by atoms with Crippen LogP contribution < -0.4 is 9.80 Å². The second kappa shape index (κ2) is 12.5. The Labute approximate surface area is 274 Å². The summed E-state index contributed by atoms with van der Waals surface area (Å²) >= 11 is 0. The molecule has 2 aromatic heterocycles. The molecule has 7 rings (SSSR count). The molecule has 0 aliphatic heterocycles. The molecule has 0 spiro atoms. The summed E-state index contributed by atoms with van der Waals surface area (Å²) in [5.74, 6) is 0.553. The number of carboxylic acid groups (broad SMARTS) is 1. The normalized spacial score (nSPS) is 26.1. The van der Waals surface area contributed by atoms with Gasteiger partial charge in [0.1, 0.15) is 5.82 Å². The molecule has 4 aliphatic carbocycles. The number of benzene rings is 1. The number of amides is 1. The van der Waals surface area contributed by atoms with Crippen LogP contribution in [0.3, 0.4) is 0 Å².